The number of hydrogen-bond donors (Lipinski definition) is 2. The number of rotatable bonds is 9. The minimum Gasteiger partial charge on any atom is -0.382 e. The first-order valence-corrected chi connectivity index (χ1v) is 10.8. The molecule has 0 radical (unpaired) electrons. The first kappa shape index (κ1) is 23.6. The van der Waals surface area contributed by atoms with Crippen molar-refractivity contribution in [2.45, 2.75) is 25.7 Å². The molecule has 2 heterocycles. The maximum Gasteiger partial charge on any atom is 0.227 e. The van der Waals surface area contributed by atoms with E-state index in [1.807, 2.05) is 0 Å². The van der Waals surface area contributed by atoms with E-state index in [2.05, 4.69) is 26.6 Å². The van der Waals surface area contributed by atoms with E-state index in [0.717, 1.165) is 0 Å². The van der Waals surface area contributed by atoms with E-state index in [0.29, 0.717) is 48.0 Å². The summed E-state index contributed by atoms with van der Waals surface area (Å²) in [6, 6.07) is 13.4. The van der Waals surface area contributed by atoms with Gasteiger partial charge in [0.1, 0.15) is 29.1 Å². The molecule has 0 saturated carbocycles. The van der Waals surface area contributed by atoms with E-state index < -0.39 is 0 Å². The van der Waals surface area contributed by atoms with E-state index in [-0.39, 0.29) is 41.8 Å². The number of hydrogen-bond acceptors (Lipinski definition) is 7. The van der Waals surface area contributed by atoms with E-state index in [4.69, 9.17) is 10.3 Å². The first-order chi connectivity index (χ1) is 16.9. The molecule has 2 aromatic carbocycles. The highest BCUT2D eigenvalue weighted by molar-refractivity contribution is 5.76. The van der Waals surface area contributed by atoms with Crippen LogP contribution in [0.15, 0.2) is 53.1 Å². The molecule has 2 aromatic heterocycles. The second kappa shape index (κ2) is 10.6. The van der Waals surface area contributed by atoms with Gasteiger partial charge >= 0.3 is 0 Å². The van der Waals surface area contributed by atoms with Crippen molar-refractivity contribution in [1.82, 2.24) is 25.2 Å². The lowest BCUT2D eigenvalue weighted by Gasteiger charge is -2.04. The van der Waals surface area contributed by atoms with Crippen molar-refractivity contribution in [2.24, 2.45) is 0 Å². The van der Waals surface area contributed by atoms with Crippen LogP contribution in [0.25, 0.3) is 17.1 Å². The van der Waals surface area contributed by atoms with Gasteiger partial charge in [-0.3, -0.25) is 4.79 Å². The van der Waals surface area contributed by atoms with Crippen LogP contribution in [0.4, 0.5) is 14.6 Å². The Morgan fingerprint density at radius 1 is 1.09 bits per heavy atom. The fourth-order valence-electron chi connectivity index (χ4n) is 3.42. The van der Waals surface area contributed by atoms with Crippen molar-refractivity contribution >= 4 is 11.7 Å². The van der Waals surface area contributed by atoms with Crippen molar-refractivity contribution in [3.63, 3.8) is 0 Å². The van der Waals surface area contributed by atoms with Gasteiger partial charge in [0.2, 0.25) is 17.6 Å². The number of nitrogens with two attached hydrogens (primary N) is 1. The van der Waals surface area contributed by atoms with E-state index >= 15 is 0 Å². The fraction of sp³-hybridized carbons (Fsp3) is 0.208. The predicted octanol–water partition coefficient (Wildman–Crippen LogP) is 3.34. The molecule has 4 rings (SSSR count). The molecule has 0 aliphatic carbocycles. The molecule has 0 fully saturated rings. The number of carbonyl (C=O) groups is 1. The van der Waals surface area contributed by atoms with Crippen LogP contribution >= 0.6 is 0 Å². The van der Waals surface area contributed by atoms with Crippen LogP contribution in [0.5, 0.6) is 0 Å². The molecule has 0 saturated heterocycles. The van der Waals surface area contributed by atoms with Crippen molar-refractivity contribution < 1.29 is 18.1 Å². The summed E-state index contributed by atoms with van der Waals surface area (Å²) in [4.78, 5) is 16.4. The highest BCUT2D eigenvalue weighted by Crippen LogP contribution is 2.22. The zero-order valence-corrected chi connectivity index (χ0v) is 18.5. The molecule has 3 N–H and O–H groups in total. The SMILES string of the molecule is N#Cc1c(CCCNC(=O)CCc2nc(-c3ccc(F)cc3)no2)nn(-c2ccc(F)cc2)c1N. The number of carbonyl (C=O) groups excluding carboxylic acids is 1. The standard InChI is InChI=1S/C24H21F2N7O2/c25-16-5-3-15(4-6-16)24-30-22(35-32-24)12-11-21(34)29-13-1-2-20-19(14-27)23(28)33(31-20)18-9-7-17(26)8-10-18/h3-10H,1-2,11-13,28H2,(H,29,34). The van der Waals surface area contributed by atoms with Gasteiger partial charge < -0.3 is 15.6 Å². The van der Waals surface area contributed by atoms with Crippen LogP contribution in [-0.4, -0.2) is 32.4 Å². The lowest BCUT2D eigenvalue weighted by Crippen LogP contribution is -2.25. The number of nitrogen functional groups attached to an aromatic ring is 1. The summed E-state index contributed by atoms with van der Waals surface area (Å²) in [6.07, 6.45) is 1.37. The summed E-state index contributed by atoms with van der Waals surface area (Å²) in [6.45, 7) is 0.373. The summed E-state index contributed by atoms with van der Waals surface area (Å²) < 4.78 is 32.8. The molecule has 4 aromatic rings. The number of amides is 1. The Hall–Kier alpha value is -4.59. The Balaban J connectivity index is 1.25. The fourth-order valence-corrected chi connectivity index (χ4v) is 3.42. The normalized spacial score (nSPS) is 10.8. The number of nitriles is 1. The molecular formula is C24H21F2N7O2. The Labute approximate surface area is 199 Å². The molecule has 9 nitrogen and oxygen atoms in total. The Morgan fingerprint density at radius 3 is 2.46 bits per heavy atom. The molecule has 1 amide bonds. The number of anilines is 1. The molecular weight excluding hydrogens is 456 g/mol. The quantitative estimate of drug-likeness (QED) is 0.353. The second-order valence-electron chi connectivity index (χ2n) is 7.68. The number of aryl methyl sites for hydroxylation is 2. The van der Waals surface area contributed by atoms with Gasteiger partial charge in [-0.2, -0.15) is 15.3 Å². The zero-order valence-electron chi connectivity index (χ0n) is 18.5. The van der Waals surface area contributed by atoms with Crippen molar-refractivity contribution in [2.75, 3.05) is 12.3 Å². The molecule has 0 aliphatic heterocycles. The van der Waals surface area contributed by atoms with E-state index in [9.17, 15) is 18.8 Å². The largest absolute Gasteiger partial charge is 0.382 e. The third kappa shape index (κ3) is 5.67. The molecule has 0 atom stereocenters. The summed E-state index contributed by atoms with van der Waals surface area (Å²) in [7, 11) is 0. The number of nitrogens with one attached hydrogen (secondary N) is 1. The lowest BCUT2D eigenvalue weighted by molar-refractivity contribution is -0.121. The molecule has 11 heteroatoms. The third-order valence-corrected chi connectivity index (χ3v) is 5.23. The topological polar surface area (TPSA) is 136 Å². The van der Waals surface area contributed by atoms with Crippen LogP contribution in [0.2, 0.25) is 0 Å². The second-order valence-corrected chi connectivity index (χ2v) is 7.68. The smallest absolute Gasteiger partial charge is 0.227 e. The monoisotopic (exact) mass is 477 g/mol. The predicted molar refractivity (Wildman–Crippen MR) is 122 cm³/mol. The minimum atomic E-state index is -0.386. The van der Waals surface area contributed by atoms with E-state index in [1.54, 1.807) is 12.1 Å². The van der Waals surface area contributed by atoms with Gasteiger partial charge in [-0.05, 0) is 61.4 Å². The van der Waals surface area contributed by atoms with Crippen LogP contribution in [0.3, 0.4) is 0 Å². The Morgan fingerprint density at radius 2 is 1.77 bits per heavy atom. The number of nitrogens with zero attached hydrogens (tertiary/aromatic N) is 5. The van der Waals surface area contributed by atoms with Crippen LogP contribution < -0.4 is 11.1 Å². The maximum atomic E-state index is 13.2. The molecule has 0 aliphatic rings. The van der Waals surface area contributed by atoms with Gasteiger partial charge in [0.15, 0.2) is 0 Å². The Bertz CT molecular complexity index is 1360. The molecule has 0 unspecified atom stereocenters. The summed E-state index contributed by atoms with van der Waals surface area (Å²) in [5.41, 5.74) is 7.98. The summed E-state index contributed by atoms with van der Waals surface area (Å²) >= 11 is 0. The van der Waals surface area contributed by atoms with Gasteiger partial charge in [-0.25, -0.2) is 13.5 Å². The lowest BCUT2D eigenvalue weighted by atomic mass is 10.1. The molecule has 0 bridgehead atoms. The third-order valence-electron chi connectivity index (χ3n) is 5.23. The van der Waals surface area contributed by atoms with Gasteiger partial charge in [0.25, 0.3) is 0 Å². The molecule has 0 spiro atoms. The van der Waals surface area contributed by atoms with E-state index in [1.165, 1.54) is 41.1 Å². The van der Waals surface area contributed by atoms with Gasteiger partial charge in [0.05, 0.1) is 11.4 Å². The highest BCUT2D eigenvalue weighted by Gasteiger charge is 2.17. The zero-order chi connectivity index (χ0) is 24.8. The van der Waals surface area contributed by atoms with Crippen LogP contribution in [-0.2, 0) is 17.6 Å². The summed E-state index contributed by atoms with van der Waals surface area (Å²) in [5.74, 6) is -0.125. The highest BCUT2D eigenvalue weighted by atomic mass is 19.1. The number of halogens is 2. The molecule has 178 valence electrons. The maximum absolute atomic E-state index is 13.2. The molecule has 35 heavy (non-hydrogen) atoms. The first-order valence-electron chi connectivity index (χ1n) is 10.8. The van der Waals surface area contributed by atoms with Gasteiger partial charge in [-0.1, -0.05) is 5.16 Å². The van der Waals surface area contributed by atoms with Gasteiger partial charge in [-0.15, -0.1) is 0 Å². The van der Waals surface area contributed by atoms with Crippen molar-refractivity contribution in [3.8, 4) is 23.1 Å². The van der Waals surface area contributed by atoms with Crippen molar-refractivity contribution in [3.05, 3.63) is 77.3 Å². The van der Waals surface area contributed by atoms with Crippen molar-refractivity contribution in [1.29, 1.82) is 5.26 Å². The summed E-state index contributed by atoms with van der Waals surface area (Å²) in [5, 5.41) is 20.5. The average Bonchev–Trinajstić information content (AvgIpc) is 3.46. The van der Waals surface area contributed by atoms with Crippen LogP contribution in [0, 0.1) is 23.0 Å². The minimum absolute atomic E-state index is 0.153. The van der Waals surface area contributed by atoms with Crippen LogP contribution in [0.1, 0.15) is 30.0 Å². The number of benzene rings is 2. The van der Waals surface area contributed by atoms with Gasteiger partial charge in [0, 0.05) is 24.9 Å². The number of aromatic nitrogens is 4. The Kier molecular flexibility index (Phi) is 7.11. The average molecular weight is 477 g/mol.